The Bertz CT molecular complexity index is 358. The zero-order chi connectivity index (χ0) is 14.5. The minimum absolute atomic E-state index is 0.151. The molecule has 0 radical (unpaired) electrons. The first kappa shape index (κ1) is 16.6. The number of hydrogen-bond donors (Lipinski definition) is 0. The van der Waals surface area contributed by atoms with Crippen molar-refractivity contribution >= 4 is 7.75 Å². The molecule has 0 saturated carbocycles. The van der Waals surface area contributed by atoms with Crippen molar-refractivity contribution in [2.75, 3.05) is 19.8 Å². The van der Waals surface area contributed by atoms with Crippen LogP contribution in [0.3, 0.4) is 0 Å². The lowest BCUT2D eigenvalue weighted by Crippen LogP contribution is -2.41. The molecule has 1 aliphatic heterocycles. The Morgan fingerprint density at radius 2 is 2.00 bits per heavy atom. The standard InChI is InChI=1S/C14H26NO3P/c1-6-10-17-19(16)15(9-7-8-11-18-19)14(12(2)3)13(4)5/h6-8,12-14H,1,9-11H2,2-5H3. The molecule has 1 rings (SSSR count). The number of rotatable bonds is 6. The van der Waals surface area contributed by atoms with Crippen molar-refractivity contribution in [2.45, 2.75) is 33.7 Å². The summed E-state index contributed by atoms with van der Waals surface area (Å²) in [5.74, 6) is 0.742. The van der Waals surface area contributed by atoms with Crippen LogP contribution in [-0.4, -0.2) is 30.5 Å². The molecule has 0 fully saturated rings. The lowest BCUT2D eigenvalue weighted by atomic mass is 9.93. The predicted octanol–water partition coefficient (Wildman–Crippen LogP) is 3.87. The largest absolute Gasteiger partial charge is 0.409 e. The van der Waals surface area contributed by atoms with E-state index >= 15 is 0 Å². The van der Waals surface area contributed by atoms with Crippen LogP contribution in [0.15, 0.2) is 24.8 Å². The molecule has 0 aromatic carbocycles. The van der Waals surface area contributed by atoms with Gasteiger partial charge in [0.1, 0.15) is 0 Å². The van der Waals surface area contributed by atoms with Crippen molar-refractivity contribution in [1.29, 1.82) is 0 Å². The van der Waals surface area contributed by atoms with Crippen LogP contribution < -0.4 is 0 Å². The fourth-order valence-corrected chi connectivity index (χ4v) is 4.66. The fourth-order valence-electron chi connectivity index (χ4n) is 2.56. The Labute approximate surface area is 117 Å². The molecule has 1 heterocycles. The minimum Gasteiger partial charge on any atom is -0.292 e. The molecule has 19 heavy (non-hydrogen) atoms. The topological polar surface area (TPSA) is 38.8 Å². The Hall–Kier alpha value is -0.410. The number of hydrogen-bond acceptors (Lipinski definition) is 3. The maximum absolute atomic E-state index is 13.0. The molecule has 1 unspecified atom stereocenters. The van der Waals surface area contributed by atoms with Crippen LogP contribution >= 0.6 is 7.75 Å². The van der Waals surface area contributed by atoms with Gasteiger partial charge in [0, 0.05) is 12.6 Å². The first-order chi connectivity index (χ1) is 8.92. The molecule has 0 N–H and O–H groups in total. The van der Waals surface area contributed by atoms with Gasteiger partial charge in [-0.15, -0.1) is 6.58 Å². The van der Waals surface area contributed by atoms with E-state index in [1.165, 1.54) is 0 Å². The maximum Gasteiger partial charge on any atom is 0.409 e. The van der Waals surface area contributed by atoms with Gasteiger partial charge in [0.05, 0.1) is 13.2 Å². The van der Waals surface area contributed by atoms with Gasteiger partial charge in [-0.25, -0.2) is 9.24 Å². The second kappa shape index (κ2) is 7.39. The predicted molar refractivity (Wildman–Crippen MR) is 79.0 cm³/mol. The van der Waals surface area contributed by atoms with Crippen molar-refractivity contribution in [2.24, 2.45) is 11.8 Å². The summed E-state index contributed by atoms with van der Waals surface area (Å²) in [5.41, 5.74) is 0. The molecule has 5 heteroatoms. The summed E-state index contributed by atoms with van der Waals surface area (Å²) in [4.78, 5) is 0. The van der Waals surface area contributed by atoms with Crippen LogP contribution in [0.25, 0.3) is 0 Å². The third-order valence-corrected chi connectivity index (χ3v) is 5.18. The molecule has 0 aliphatic carbocycles. The van der Waals surface area contributed by atoms with Gasteiger partial charge in [0.2, 0.25) is 0 Å². The van der Waals surface area contributed by atoms with E-state index in [1.807, 2.05) is 16.8 Å². The lowest BCUT2D eigenvalue weighted by Gasteiger charge is -2.38. The SMILES string of the molecule is C=CCOP1(=O)OCC=CCN1C(C(C)C)C(C)C. The molecular formula is C14H26NO3P. The van der Waals surface area contributed by atoms with Gasteiger partial charge < -0.3 is 0 Å². The van der Waals surface area contributed by atoms with Crippen LogP contribution in [0.5, 0.6) is 0 Å². The lowest BCUT2D eigenvalue weighted by molar-refractivity contribution is 0.132. The van der Waals surface area contributed by atoms with E-state index in [0.29, 0.717) is 25.0 Å². The summed E-state index contributed by atoms with van der Waals surface area (Å²) >= 11 is 0. The molecule has 0 aromatic rings. The zero-order valence-corrected chi connectivity index (χ0v) is 13.3. The highest BCUT2D eigenvalue weighted by Gasteiger charge is 2.41. The average molecular weight is 287 g/mol. The van der Waals surface area contributed by atoms with E-state index < -0.39 is 7.75 Å². The third kappa shape index (κ3) is 4.28. The first-order valence-electron chi connectivity index (χ1n) is 6.84. The molecule has 1 atom stereocenters. The molecule has 4 nitrogen and oxygen atoms in total. The van der Waals surface area contributed by atoms with Crippen LogP contribution in [0.2, 0.25) is 0 Å². The van der Waals surface area contributed by atoms with Gasteiger partial charge in [-0.3, -0.25) is 9.05 Å². The Kier molecular flexibility index (Phi) is 6.48. The van der Waals surface area contributed by atoms with Crippen molar-refractivity contribution in [1.82, 2.24) is 4.67 Å². The maximum atomic E-state index is 13.0. The third-order valence-electron chi connectivity index (χ3n) is 3.17. The summed E-state index contributed by atoms with van der Waals surface area (Å²) in [6.45, 7) is 13.3. The highest BCUT2D eigenvalue weighted by Crippen LogP contribution is 2.55. The van der Waals surface area contributed by atoms with E-state index in [4.69, 9.17) is 9.05 Å². The summed E-state index contributed by atoms with van der Waals surface area (Å²) in [5, 5.41) is 0. The molecule has 1 aliphatic rings. The van der Waals surface area contributed by atoms with Crippen molar-refractivity contribution in [3.8, 4) is 0 Å². The molecule has 0 aromatic heterocycles. The normalized spacial score (nSPS) is 25.2. The van der Waals surface area contributed by atoms with Gasteiger partial charge in [0.15, 0.2) is 0 Å². The smallest absolute Gasteiger partial charge is 0.292 e. The Balaban J connectivity index is 3.03. The van der Waals surface area contributed by atoms with E-state index in [0.717, 1.165) is 0 Å². The Morgan fingerprint density at radius 3 is 2.53 bits per heavy atom. The second-order valence-corrected chi connectivity index (χ2v) is 7.39. The van der Waals surface area contributed by atoms with Gasteiger partial charge in [0.25, 0.3) is 0 Å². The first-order valence-corrected chi connectivity index (χ1v) is 8.34. The van der Waals surface area contributed by atoms with Crippen LogP contribution in [0.4, 0.5) is 0 Å². The highest BCUT2D eigenvalue weighted by molar-refractivity contribution is 7.51. The summed E-state index contributed by atoms with van der Waals surface area (Å²) < 4.78 is 25.9. The highest BCUT2D eigenvalue weighted by atomic mass is 31.2. The van der Waals surface area contributed by atoms with Gasteiger partial charge >= 0.3 is 7.75 Å². The minimum atomic E-state index is -3.25. The van der Waals surface area contributed by atoms with Crippen LogP contribution in [0.1, 0.15) is 27.7 Å². The molecule has 110 valence electrons. The van der Waals surface area contributed by atoms with E-state index in [-0.39, 0.29) is 12.6 Å². The summed E-state index contributed by atoms with van der Waals surface area (Å²) in [6.07, 6.45) is 5.48. The molecule has 0 amide bonds. The van der Waals surface area contributed by atoms with Gasteiger partial charge in [-0.1, -0.05) is 45.9 Å². The quantitative estimate of drug-likeness (QED) is 0.549. The molecule has 0 spiro atoms. The fraction of sp³-hybridized carbons (Fsp3) is 0.714. The Morgan fingerprint density at radius 1 is 1.37 bits per heavy atom. The van der Waals surface area contributed by atoms with E-state index in [9.17, 15) is 4.57 Å². The van der Waals surface area contributed by atoms with Gasteiger partial charge in [-0.2, -0.15) is 0 Å². The molecule has 0 bridgehead atoms. The number of nitrogens with zero attached hydrogens (tertiary/aromatic N) is 1. The monoisotopic (exact) mass is 287 g/mol. The van der Waals surface area contributed by atoms with E-state index in [1.54, 1.807) is 6.08 Å². The van der Waals surface area contributed by atoms with Crippen molar-refractivity contribution < 1.29 is 13.6 Å². The van der Waals surface area contributed by atoms with Crippen LogP contribution in [-0.2, 0) is 13.6 Å². The van der Waals surface area contributed by atoms with Crippen molar-refractivity contribution in [3.05, 3.63) is 24.8 Å². The second-order valence-electron chi connectivity index (χ2n) is 5.42. The van der Waals surface area contributed by atoms with Crippen LogP contribution in [0, 0.1) is 11.8 Å². The van der Waals surface area contributed by atoms with Crippen molar-refractivity contribution in [3.63, 3.8) is 0 Å². The summed E-state index contributed by atoms with van der Waals surface area (Å²) in [6, 6.07) is 0.151. The average Bonchev–Trinajstić information content (AvgIpc) is 2.50. The van der Waals surface area contributed by atoms with E-state index in [2.05, 4.69) is 34.3 Å². The molecular weight excluding hydrogens is 261 g/mol. The summed E-state index contributed by atoms with van der Waals surface area (Å²) in [7, 11) is -3.25. The zero-order valence-electron chi connectivity index (χ0n) is 12.4. The van der Waals surface area contributed by atoms with Gasteiger partial charge in [-0.05, 0) is 11.8 Å². The molecule has 0 saturated heterocycles.